The smallest absolute Gasteiger partial charge is 0.257 e. The van der Waals surface area contributed by atoms with E-state index in [4.69, 9.17) is 4.52 Å². The molecule has 8 nitrogen and oxygen atoms in total. The van der Waals surface area contributed by atoms with E-state index in [9.17, 15) is 4.79 Å². The Morgan fingerprint density at radius 1 is 1.18 bits per heavy atom. The van der Waals surface area contributed by atoms with Crippen molar-refractivity contribution in [3.63, 3.8) is 0 Å². The molecular weight excluding hydrogens is 471 g/mol. The number of amides is 1. The zero-order valence-electron chi connectivity index (χ0n) is 16.9. The number of aryl methyl sites for hydroxylation is 1. The maximum atomic E-state index is 11.7. The second-order valence-electron chi connectivity index (χ2n) is 6.23. The van der Waals surface area contributed by atoms with Crippen molar-refractivity contribution < 1.29 is 9.32 Å². The zero-order chi connectivity index (χ0) is 19.6. The predicted octanol–water partition coefficient (Wildman–Crippen LogP) is 2.10. The molecule has 2 rings (SSSR count). The van der Waals surface area contributed by atoms with Crippen LogP contribution >= 0.6 is 24.0 Å². The lowest BCUT2D eigenvalue weighted by Gasteiger charge is -2.12. The molecule has 1 heterocycles. The average molecular weight is 500 g/mol. The first-order chi connectivity index (χ1) is 13.0. The summed E-state index contributed by atoms with van der Waals surface area (Å²) in [6, 6.07) is 8.06. The van der Waals surface area contributed by atoms with Crippen LogP contribution in [0.2, 0.25) is 0 Å². The van der Waals surface area contributed by atoms with Gasteiger partial charge in [-0.1, -0.05) is 24.2 Å². The molecule has 0 saturated heterocycles. The molecule has 0 aliphatic carbocycles. The maximum absolute atomic E-state index is 11.7. The Bertz CT molecular complexity index is 758. The number of hydrogen-bond acceptors (Lipinski definition) is 5. The molecule has 154 valence electrons. The number of hydrogen-bond donors (Lipinski definition) is 2. The Labute approximate surface area is 183 Å². The van der Waals surface area contributed by atoms with Crippen molar-refractivity contribution >= 4 is 35.8 Å². The highest BCUT2D eigenvalue weighted by atomic mass is 127. The van der Waals surface area contributed by atoms with E-state index in [1.807, 2.05) is 38.1 Å². The molecule has 0 aliphatic rings. The van der Waals surface area contributed by atoms with E-state index in [0.717, 1.165) is 24.9 Å². The number of nitrogens with one attached hydrogen (secondary N) is 2. The highest BCUT2D eigenvalue weighted by Gasteiger charge is 2.07. The van der Waals surface area contributed by atoms with Crippen molar-refractivity contribution in [2.45, 2.75) is 26.7 Å². The lowest BCUT2D eigenvalue weighted by atomic mass is 10.1. The molecular formula is C19H29IN6O2. The summed E-state index contributed by atoms with van der Waals surface area (Å²) < 4.78 is 5.26. The number of carbonyl (C=O) groups is 1. The average Bonchev–Trinajstić information content (AvgIpc) is 3.15. The van der Waals surface area contributed by atoms with Crippen LogP contribution in [0.25, 0.3) is 11.5 Å². The van der Waals surface area contributed by atoms with Gasteiger partial charge in [0.1, 0.15) is 6.54 Å². The number of halogens is 1. The van der Waals surface area contributed by atoms with Crippen LogP contribution in [0.4, 0.5) is 0 Å². The van der Waals surface area contributed by atoms with Crippen molar-refractivity contribution in [3.05, 3.63) is 35.7 Å². The fraction of sp³-hybridized carbons (Fsp3) is 0.474. The Morgan fingerprint density at radius 3 is 2.46 bits per heavy atom. The van der Waals surface area contributed by atoms with Crippen LogP contribution in [0.3, 0.4) is 0 Å². The van der Waals surface area contributed by atoms with Gasteiger partial charge in [0, 0.05) is 39.2 Å². The van der Waals surface area contributed by atoms with Gasteiger partial charge in [-0.25, -0.2) is 4.99 Å². The zero-order valence-corrected chi connectivity index (χ0v) is 19.2. The Kier molecular flexibility index (Phi) is 10.5. The van der Waals surface area contributed by atoms with Gasteiger partial charge in [0.05, 0.1) is 0 Å². The normalized spacial score (nSPS) is 10.9. The van der Waals surface area contributed by atoms with Gasteiger partial charge in [-0.3, -0.25) is 4.79 Å². The fourth-order valence-electron chi connectivity index (χ4n) is 2.28. The minimum absolute atomic E-state index is 0. The summed E-state index contributed by atoms with van der Waals surface area (Å²) in [5.41, 5.74) is 2.10. The second-order valence-corrected chi connectivity index (χ2v) is 6.23. The van der Waals surface area contributed by atoms with Gasteiger partial charge in [0.2, 0.25) is 5.91 Å². The predicted molar refractivity (Wildman–Crippen MR) is 121 cm³/mol. The van der Waals surface area contributed by atoms with Crippen molar-refractivity contribution in [2.24, 2.45) is 4.99 Å². The number of benzene rings is 1. The summed E-state index contributed by atoms with van der Waals surface area (Å²) in [5.74, 6) is 1.86. The molecule has 0 radical (unpaired) electrons. The number of likely N-dealkylation sites (N-methyl/N-ethyl adjacent to an activating group) is 1. The minimum Gasteiger partial charge on any atom is -0.357 e. The molecule has 0 bridgehead atoms. The number of nitrogens with zero attached hydrogens (tertiary/aromatic N) is 4. The molecule has 0 fully saturated rings. The van der Waals surface area contributed by atoms with Gasteiger partial charge in [-0.15, -0.1) is 24.0 Å². The molecule has 9 heteroatoms. The van der Waals surface area contributed by atoms with Gasteiger partial charge in [0.15, 0.2) is 11.8 Å². The fourth-order valence-corrected chi connectivity index (χ4v) is 2.28. The van der Waals surface area contributed by atoms with Crippen molar-refractivity contribution in [2.75, 3.05) is 33.7 Å². The van der Waals surface area contributed by atoms with Gasteiger partial charge >= 0.3 is 0 Å². The summed E-state index contributed by atoms with van der Waals surface area (Å²) >= 11 is 0. The number of aliphatic imine (C=N–C) groups is 1. The number of rotatable bonds is 8. The number of carbonyl (C=O) groups excluding carboxylic acids is 1. The van der Waals surface area contributed by atoms with E-state index < -0.39 is 0 Å². The monoisotopic (exact) mass is 500 g/mol. The summed E-state index contributed by atoms with van der Waals surface area (Å²) in [7, 11) is 3.44. The topological polar surface area (TPSA) is 95.7 Å². The Balaban J connectivity index is 0.00000392. The summed E-state index contributed by atoms with van der Waals surface area (Å²) in [4.78, 5) is 21.8. The van der Waals surface area contributed by atoms with Crippen LogP contribution in [0.15, 0.2) is 33.8 Å². The lowest BCUT2D eigenvalue weighted by molar-refractivity contribution is -0.127. The third-order valence-electron chi connectivity index (χ3n) is 3.91. The standard InChI is InChI=1S/C19H28N6O2.HI/c1-5-16-23-18(27-24-16)15-9-7-14(8-10-15)11-12-21-19(20-6-2)22-13-17(26)25(3)4;/h7-10H,5-6,11-13H2,1-4H3,(H2,20,21,22);1H. The highest BCUT2D eigenvalue weighted by Crippen LogP contribution is 2.18. The van der Waals surface area contributed by atoms with Crippen molar-refractivity contribution in [1.29, 1.82) is 0 Å². The molecule has 0 saturated carbocycles. The molecule has 0 atom stereocenters. The van der Waals surface area contributed by atoms with Crippen LogP contribution in [0.1, 0.15) is 25.2 Å². The molecule has 2 aromatic rings. The second kappa shape index (κ2) is 12.3. The number of guanidine groups is 1. The van der Waals surface area contributed by atoms with Crippen molar-refractivity contribution in [3.8, 4) is 11.5 Å². The SMILES string of the molecule is CCNC(=NCC(=O)N(C)C)NCCc1ccc(-c2nc(CC)no2)cc1.I. The quantitative estimate of drug-likeness (QED) is 0.328. The molecule has 0 aliphatic heterocycles. The summed E-state index contributed by atoms with van der Waals surface area (Å²) in [5, 5.41) is 10.3. The van der Waals surface area contributed by atoms with Gasteiger partial charge < -0.3 is 20.1 Å². The first-order valence-electron chi connectivity index (χ1n) is 9.17. The van der Waals surface area contributed by atoms with E-state index in [-0.39, 0.29) is 36.4 Å². The van der Waals surface area contributed by atoms with E-state index in [1.54, 1.807) is 14.1 Å². The van der Waals surface area contributed by atoms with Gasteiger partial charge in [-0.05, 0) is 31.0 Å². The van der Waals surface area contributed by atoms with E-state index in [1.165, 1.54) is 10.5 Å². The molecule has 1 amide bonds. The van der Waals surface area contributed by atoms with E-state index >= 15 is 0 Å². The van der Waals surface area contributed by atoms with Crippen molar-refractivity contribution in [1.82, 2.24) is 25.7 Å². The van der Waals surface area contributed by atoms with Crippen LogP contribution in [-0.2, 0) is 17.6 Å². The van der Waals surface area contributed by atoms with Gasteiger partial charge in [-0.2, -0.15) is 4.98 Å². The molecule has 2 N–H and O–H groups in total. The van der Waals surface area contributed by atoms with Gasteiger partial charge in [0.25, 0.3) is 5.89 Å². The maximum Gasteiger partial charge on any atom is 0.257 e. The third-order valence-corrected chi connectivity index (χ3v) is 3.91. The Morgan fingerprint density at radius 2 is 1.89 bits per heavy atom. The highest BCUT2D eigenvalue weighted by molar-refractivity contribution is 14.0. The van der Waals surface area contributed by atoms with Crippen LogP contribution in [0.5, 0.6) is 0 Å². The molecule has 1 aromatic carbocycles. The molecule has 1 aromatic heterocycles. The first-order valence-corrected chi connectivity index (χ1v) is 9.17. The van der Waals surface area contributed by atoms with Crippen LogP contribution in [0, 0.1) is 0 Å². The first kappa shape index (κ1) is 23.9. The van der Waals surface area contributed by atoms with E-state index in [0.29, 0.717) is 24.2 Å². The summed E-state index contributed by atoms with van der Waals surface area (Å²) in [6.07, 6.45) is 1.58. The molecule has 0 unspecified atom stereocenters. The lowest BCUT2D eigenvalue weighted by Crippen LogP contribution is -2.39. The summed E-state index contributed by atoms with van der Waals surface area (Å²) in [6.45, 7) is 5.56. The Hall–Kier alpha value is -2.17. The number of aromatic nitrogens is 2. The molecule has 28 heavy (non-hydrogen) atoms. The third kappa shape index (κ3) is 7.45. The van der Waals surface area contributed by atoms with Crippen LogP contribution < -0.4 is 10.6 Å². The van der Waals surface area contributed by atoms with Crippen LogP contribution in [-0.4, -0.2) is 60.6 Å². The molecule has 0 spiro atoms. The minimum atomic E-state index is -0.0324. The largest absolute Gasteiger partial charge is 0.357 e. The van der Waals surface area contributed by atoms with E-state index in [2.05, 4.69) is 25.8 Å².